The molecule has 0 saturated carbocycles. The fourth-order valence-corrected chi connectivity index (χ4v) is 4.01. The molecule has 0 spiro atoms. The molecule has 1 aliphatic rings. The molecular formula is C15H22FIN4O3S. The van der Waals surface area contributed by atoms with Gasteiger partial charge in [-0.2, -0.15) is 0 Å². The molecule has 1 unspecified atom stereocenters. The molecule has 2 rings (SSSR count). The van der Waals surface area contributed by atoms with E-state index >= 15 is 0 Å². The van der Waals surface area contributed by atoms with E-state index < -0.39 is 21.6 Å². The largest absolute Gasteiger partial charge is 0.357 e. The number of hydrogen-bond acceptors (Lipinski definition) is 4. The molecule has 140 valence electrons. The number of nitrogens with zero attached hydrogens (tertiary/aromatic N) is 1. The topological polar surface area (TPSA) is 99.7 Å². The average Bonchev–Trinajstić information content (AvgIpc) is 2.84. The zero-order valence-corrected chi connectivity index (χ0v) is 16.9. The molecule has 1 amide bonds. The molecule has 1 fully saturated rings. The molecule has 1 aliphatic heterocycles. The minimum atomic E-state index is -2.99. The number of rotatable bonds is 5. The van der Waals surface area contributed by atoms with Crippen molar-refractivity contribution < 1.29 is 17.6 Å². The molecule has 1 atom stereocenters. The third-order valence-corrected chi connectivity index (χ3v) is 5.17. The van der Waals surface area contributed by atoms with E-state index in [0.29, 0.717) is 24.6 Å². The molecular weight excluding hydrogens is 462 g/mol. The molecule has 0 radical (unpaired) electrons. The highest BCUT2D eigenvalue weighted by molar-refractivity contribution is 14.0. The number of carbonyl (C=O) groups is 1. The Bertz CT molecular complexity index is 727. The van der Waals surface area contributed by atoms with Gasteiger partial charge >= 0.3 is 0 Å². The van der Waals surface area contributed by atoms with Crippen molar-refractivity contribution in [2.24, 2.45) is 4.99 Å². The number of carbonyl (C=O) groups excluding carboxylic acids is 1. The van der Waals surface area contributed by atoms with Gasteiger partial charge in [0.1, 0.15) is 12.4 Å². The first-order valence-corrected chi connectivity index (χ1v) is 9.51. The van der Waals surface area contributed by atoms with Gasteiger partial charge in [-0.15, -0.1) is 24.0 Å². The Kier molecular flexibility index (Phi) is 8.56. The summed E-state index contributed by atoms with van der Waals surface area (Å²) in [5.41, 5.74) is 0.357. The van der Waals surface area contributed by atoms with Crippen LogP contribution >= 0.6 is 24.0 Å². The summed E-state index contributed by atoms with van der Waals surface area (Å²) in [7, 11) is -2.99. The van der Waals surface area contributed by atoms with Crippen LogP contribution in [-0.4, -0.2) is 50.9 Å². The van der Waals surface area contributed by atoms with Crippen LogP contribution in [0.3, 0.4) is 0 Å². The van der Waals surface area contributed by atoms with Crippen molar-refractivity contribution in [3.63, 3.8) is 0 Å². The minimum absolute atomic E-state index is 0. The van der Waals surface area contributed by atoms with Crippen molar-refractivity contribution in [1.82, 2.24) is 10.6 Å². The third kappa shape index (κ3) is 7.55. The van der Waals surface area contributed by atoms with Crippen molar-refractivity contribution >= 4 is 51.4 Å². The second-order valence-corrected chi connectivity index (χ2v) is 7.73. The molecule has 1 aromatic carbocycles. The normalized spacial score (nSPS) is 19.0. The van der Waals surface area contributed by atoms with Crippen LogP contribution in [0.4, 0.5) is 10.1 Å². The van der Waals surface area contributed by atoms with Crippen molar-refractivity contribution in [3.8, 4) is 0 Å². The Balaban J connectivity index is 0.00000312. The molecule has 0 aliphatic carbocycles. The second kappa shape index (κ2) is 9.90. The number of nitrogens with one attached hydrogen (secondary N) is 3. The summed E-state index contributed by atoms with van der Waals surface area (Å²) in [6.45, 7) is 2.29. The number of hydrogen-bond donors (Lipinski definition) is 3. The average molecular weight is 484 g/mol. The van der Waals surface area contributed by atoms with Gasteiger partial charge in [-0.25, -0.2) is 17.8 Å². The van der Waals surface area contributed by atoms with Crippen LogP contribution < -0.4 is 16.0 Å². The minimum Gasteiger partial charge on any atom is -0.357 e. The molecule has 25 heavy (non-hydrogen) atoms. The Hall–Kier alpha value is -1.43. The van der Waals surface area contributed by atoms with Crippen LogP contribution in [-0.2, 0) is 14.6 Å². The summed E-state index contributed by atoms with van der Waals surface area (Å²) in [6.07, 6.45) is 0.516. The number of benzene rings is 1. The number of halogens is 2. The lowest BCUT2D eigenvalue weighted by Crippen LogP contribution is -2.44. The van der Waals surface area contributed by atoms with E-state index in [0.717, 1.165) is 0 Å². The fraction of sp³-hybridized carbons (Fsp3) is 0.467. The Morgan fingerprint density at radius 2 is 2.16 bits per heavy atom. The van der Waals surface area contributed by atoms with Crippen LogP contribution in [0.2, 0.25) is 0 Å². The molecule has 0 bridgehead atoms. The number of aliphatic imine (C=N–C) groups is 1. The second-order valence-electron chi connectivity index (χ2n) is 5.50. The van der Waals surface area contributed by atoms with Gasteiger partial charge in [0.25, 0.3) is 0 Å². The van der Waals surface area contributed by atoms with Gasteiger partial charge in [0.2, 0.25) is 5.91 Å². The third-order valence-electron chi connectivity index (χ3n) is 3.41. The Morgan fingerprint density at radius 1 is 1.40 bits per heavy atom. The molecule has 1 saturated heterocycles. The molecule has 7 nitrogen and oxygen atoms in total. The summed E-state index contributed by atoms with van der Waals surface area (Å²) in [5, 5.41) is 8.54. The summed E-state index contributed by atoms with van der Waals surface area (Å²) in [4.78, 5) is 16.0. The van der Waals surface area contributed by atoms with Gasteiger partial charge in [-0.1, -0.05) is 6.07 Å². The lowest BCUT2D eigenvalue weighted by molar-refractivity contribution is -0.114. The van der Waals surface area contributed by atoms with Crippen LogP contribution in [0, 0.1) is 5.82 Å². The van der Waals surface area contributed by atoms with Gasteiger partial charge in [-0.3, -0.25) is 4.79 Å². The first-order chi connectivity index (χ1) is 11.4. The molecule has 10 heteroatoms. The van der Waals surface area contributed by atoms with Crippen LogP contribution in [0.1, 0.15) is 13.3 Å². The van der Waals surface area contributed by atoms with Gasteiger partial charge < -0.3 is 16.0 Å². The lowest BCUT2D eigenvalue weighted by atomic mass is 10.3. The summed E-state index contributed by atoms with van der Waals surface area (Å²) in [5.74, 6) is -0.226. The maximum atomic E-state index is 13.1. The predicted molar refractivity (Wildman–Crippen MR) is 107 cm³/mol. The fourth-order valence-electron chi connectivity index (χ4n) is 2.34. The number of amides is 1. The molecule has 1 aromatic rings. The maximum absolute atomic E-state index is 13.1. The first kappa shape index (κ1) is 21.6. The van der Waals surface area contributed by atoms with E-state index in [-0.39, 0.29) is 48.1 Å². The van der Waals surface area contributed by atoms with Gasteiger partial charge in [0, 0.05) is 18.3 Å². The predicted octanol–water partition coefficient (Wildman–Crippen LogP) is 1.12. The monoisotopic (exact) mass is 484 g/mol. The van der Waals surface area contributed by atoms with Crippen LogP contribution in [0.15, 0.2) is 29.3 Å². The SMILES string of the molecule is CCNC(=NCC(=O)Nc1cccc(F)c1)NC1CCS(=O)(=O)C1.I. The zero-order valence-electron chi connectivity index (χ0n) is 13.8. The van der Waals surface area contributed by atoms with Crippen molar-refractivity contribution in [1.29, 1.82) is 0 Å². The van der Waals surface area contributed by atoms with Gasteiger partial charge in [0.15, 0.2) is 15.8 Å². The zero-order chi connectivity index (χ0) is 17.6. The highest BCUT2D eigenvalue weighted by Crippen LogP contribution is 2.11. The van der Waals surface area contributed by atoms with Crippen LogP contribution in [0.5, 0.6) is 0 Å². The first-order valence-electron chi connectivity index (χ1n) is 7.68. The summed E-state index contributed by atoms with van der Waals surface area (Å²) >= 11 is 0. The van der Waals surface area contributed by atoms with E-state index in [1.807, 2.05) is 6.92 Å². The van der Waals surface area contributed by atoms with Crippen molar-refractivity contribution in [2.45, 2.75) is 19.4 Å². The Morgan fingerprint density at radius 3 is 2.76 bits per heavy atom. The highest BCUT2D eigenvalue weighted by atomic mass is 127. The number of guanidine groups is 1. The standard InChI is InChI=1S/C15H21FN4O3S.HI/c1-2-17-15(20-13-6-7-24(22,23)10-13)18-9-14(21)19-12-5-3-4-11(16)8-12;/h3-5,8,13H,2,6-7,9-10H2,1H3,(H,19,21)(H2,17,18,20);1H. The smallest absolute Gasteiger partial charge is 0.246 e. The lowest BCUT2D eigenvalue weighted by Gasteiger charge is -2.15. The van der Waals surface area contributed by atoms with E-state index in [4.69, 9.17) is 0 Å². The Labute approximate surface area is 163 Å². The maximum Gasteiger partial charge on any atom is 0.246 e. The molecule has 1 heterocycles. The molecule has 3 N–H and O–H groups in total. The summed E-state index contributed by atoms with van der Waals surface area (Å²) in [6, 6.07) is 5.38. The van der Waals surface area contributed by atoms with E-state index in [1.54, 1.807) is 6.07 Å². The van der Waals surface area contributed by atoms with E-state index in [1.165, 1.54) is 18.2 Å². The van der Waals surface area contributed by atoms with E-state index in [2.05, 4.69) is 20.9 Å². The summed E-state index contributed by atoms with van der Waals surface area (Å²) < 4.78 is 36.0. The number of anilines is 1. The van der Waals surface area contributed by atoms with Crippen molar-refractivity contribution in [3.05, 3.63) is 30.1 Å². The quantitative estimate of drug-likeness (QED) is 0.331. The van der Waals surface area contributed by atoms with Crippen molar-refractivity contribution in [2.75, 3.05) is 29.9 Å². The van der Waals surface area contributed by atoms with Crippen LogP contribution in [0.25, 0.3) is 0 Å². The van der Waals surface area contributed by atoms with Gasteiger partial charge in [-0.05, 0) is 31.5 Å². The molecule has 0 aromatic heterocycles. The highest BCUT2D eigenvalue weighted by Gasteiger charge is 2.28. The van der Waals surface area contributed by atoms with Gasteiger partial charge in [0.05, 0.1) is 11.5 Å². The number of sulfone groups is 1. The van der Waals surface area contributed by atoms with E-state index in [9.17, 15) is 17.6 Å².